The van der Waals surface area contributed by atoms with Crippen LogP contribution in [0.25, 0.3) is 0 Å². The predicted molar refractivity (Wildman–Crippen MR) is 95.8 cm³/mol. The molecular formula is C18H24ClN3O3. The smallest absolute Gasteiger partial charge is 0.257 e. The molecule has 3 rings (SSSR count). The van der Waals surface area contributed by atoms with E-state index >= 15 is 0 Å². The molecule has 0 atom stereocenters. The summed E-state index contributed by atoms with van der Waals surface area (Å²) in [4.78, 5) is 28.9. The molecule has 1 aliphatic carbocycles. The molecule has 1 aromatic carbocycles. The molecule has 1 heterocycles. The van der Waals surface area contributed by atoms with Crippen molar-refractivity contribution in [3.05, 3.63) is 28.8 Å². The molecule has 1 saturated heterocycles. The number of hydrogen-bond acceptors (Lipinski definition) is 4. The van der Waals surface area contributed by atoms with Crippen LogP contribution in [0.2, 0.25) is 5.02 Å². The van der Waals surface area contributed by atoms with Crippen LogP contribution in [0, 0.1) is 5.92 Å². The Morgan fingerprint density at radius 3 is 2.60 bits per heavy atom. The highest BCUT2D eigenvalue weighted by Gasteiger charge is 2.34. The van der Waals surface area contributed by atoms with Gasteiger partial charge in [0.2, 0.25) is 5.91 Å². The standard InChI is InChI=1S/C18H24ClN3O3/c19-14-4-5-16(25-11-6-20)15(12-14)18(24)22-8-1-7-21(9-10-22)17(23)13-2-3-13/h4-5,12-13H,1-3,6-11,20H2. The minimum absolute atomic E-state index is 0.116. The van der Waals surface area contributed by atoms with Crippen LogP contribution in [0.3, 0.4) is 0 Å². The summed E-state index contributed by atoms with van der Waals surface area (Å²) in [6.45, 7) is 3.16. The van der Waals surface area contributed by atoms with E-state index in [9.17, 15) is 9.59 Å². The Bertz CT molecular complexity index is 648. The predicted octanol–water partition coefficient (Wildman–Crippen LogP) is 1.76. The molecule has 0 bridgehead atoms. The molecule has 0 spiro atoms. The van der Waals surface area contributed by atoms with Crippen molar-refractivity contribution in [3.8, 4) is 5.75 Å². The van der Waals surface area contributed by atoms with Gasteiger partial charge in [-0.25, -0.2) is 0 Å². The third-order valence-corrected chi connectivity index (χ3v) is 4.80. The summed E-state index contributed by atoms with van der Waals surface area (Å²) in [7, 11) is 0. The van der Waals surface area contributed by atoms with E-state index < -0.39 is 0 Å². The number of carbonyl (C=O) groups is 2. The molecule has 25 heavy (non-hydrogen) atoms. The van der Waals surface area contributed by atoms with Gasteiger partial charge in [0, 0.05) is 43.7 Å². The normalized spacial score (nSPS) is 18.0. The zero-order valence-corrected chi connectivity index (χ0v) is 15.0. The summed E-state index contributed by atoms with van der Waals surface area (Å²) in [6.07, 6.45) is 2.79. The summed E-state index contributed by atoms with van der Waals surface area (Å²) in [5.41, 5.74) is 5.93. The van der Waals surface area contributed by atoms with Gasteiger partial charge in [-0.2, -0.15) is 0 Å². The number of rotatable bonds is 5. The van der Waals surface area contributed by atoms with Crippen LogP contribution in [0.4, 0.5) is 0 Å². The Morgan fingerprint density at radius 1 is 1.16 bits per heavy atom. The molecule has 1 aromatic rings. The van der Waals surface area contributed by atoms with Crippen molar-refractivity contribution < 1.29 is 14.3 Å². The second-order valence-corrected chi connectivity index (χ2v) is 6.96. The molecule has 2 fully saturated rings. The van der Waals surface area contributed by atoms with Crippen molar-refractivity contribution >= 4 is 23.4 Å². The van der Waals surface area contributed by atoms with E-state index in [0.717, 1.165) is 19.3 Å². The minimum Gasteiger partial charge on any atom is -0.491 e. The Hall–Kier alpha value is -1.79. The molecule has 0 aromatic heterocycles. The minimum atomic E-state index is -0.116. The first-order valence-corrected chi connectivity index (χ1v) is 9.18. The monoisotopic (exact) mass is 365 g/mol. The number of ether oxygens (including phenoxy) is 1. The molecule has 1 saturated carbocycles. The maximum absolute atomic E-state index is 13.0. The van der Waals surface area contributed by atoms with Crippen LogP contribution >= 0.6 is 11.6 Å². The highest BCUT2D eigenvalue weighted by molar-refractivity contribution is 6.31. The van der Waals surface area contributed by atoms with Gasteiger partial charge in [0.15, 0.2) is 0 Å². The molecule has 2 N–H and O–H groups in total. The lowest BCUT2D eigenvalue weighted by Crippen LogP contribution is -2.38. The maximum atomic E-state index is 13.0. The number of benzene rings is 1. The van der Waals surface area contributed by atoms with Crippen molar-refractivity contribution in [2.24, 2.45) is 11.7 Å². The van der Waals surface area contributed by atoms with Gasteiger partial charge in [-0.3, -0.25) is 9.59 Å². The third-order valence-electron chi connectivity index (χ3n) is 4.57. The van der Waals surface area contributed by atoms with Crippen LogP contribution < -0.4 is 10.5 Å². The molecule has 136 valence electrons. The fourth-order valence-corrected chi connectivity index (χ4v) is 3.24. The lowest BCUT2D eigenvalue weighted by atomic mass is 10.1. The molecule has 0 unspecified atom stereocenters. The quantitative estimate of drug-likeness (QED) is 0.862. The van der Waals surface area contributed by atoms with Gasteiger partial charge in [-0.1, -0.05) is 11.6 Å². The van der Waals surface area contributed by atoms with E-state index in [1.54, 1.807) is 23.1 Å². The second-order valence-electron chi connectivity index (χ2n) is 6.52. The van der Waals surface area contributed by atoms with Gasteiger partial charge in [0.05, 0.1) is 5.56 Å². The molecule has 0 radical (unpaired) electrons. The average molecular weight is 366 g/mol. The van der Waals surface area contributed by atoms with Crippen LogP contribution in [-0.4, -0.2) is 60.9 Å². The van der Waals surface area contributed by atoms with Crippen LogP contribution in [0.5, 0.6) is 5.75 Å². The number of nitrogens with two attached hydrogens (primary N) is 1. The molecule has 7 heteroatoms. The topological polar surface area (TPSA) is 75.9 Å². The molecule has 2 amide bonds. The molecule has 1 aliphatic heterocycles. The van der Waals surface area contributed by atoms with Crippen molar-refractivity contribution in [1.82, 2.24) is 9.80 Å². The summed E-state index contributed by atoms with van der Waals surface area (Å²) in [5.74, 6) is 0.834. The Kier molecular flexibility index (Phi) is 5.81. The van der Waals surface area contributed by atoms with E-state index in [4.69, 9.17) is 22.1 Å². The van der Waals surface area contributed by atoms with Gasteiger partial charge < -0.3 is 20.3 Å². The first-order chi connectivity index (χ1) is 12.1. The fourth-order valence-electron chi connectivity index (χ4n) is 3.06. The highest BCUT2D eigenvalue weighted by atomic mass is 35.5. The number of amides is 2. The van der Waals surface area contributed by atoms with Crippen molar-refractivity contribution in [3.63, 3.8) is 0 Å². The number of hydrogen-bond donors (Lipinski definition) is 1. The second kappa shape index (κ2) is 8.06. The van der Waals surface area contributed by atoms with Crippen molar-refractivity contribution in [2.75, 3.05) is 39.3 Å². The van der Waals surface area contributed by atoms with Crippen molar-refractivity contribution in [2.45, 2.75) is 19.3 Å². The zero-order valence-electron chi connectivity index (χ0n) is 14.2. The third kappa shape index (κ3) is 4.44. The number of carbonyl (C=O) groups excluding carboxylic acids is 2. The van der Waals surface area contributed by atoms with E-state index in [-0.39, 0.29) is 17.7 Å². The first-order valence-electron chi connectivity index (χ1n) is 8.80. The summed E-state index contributed by atoms with van der Waals surface area (Å²) < 4.78 is 5.59. The van der Waals surface area contributed by atoms with Gasteiger partial charge in [0.25, 0.3) is 5.91 Å². The van der Waals surface area contributed by atoms with Crippen LogP contribution in [-0.2, 0) is 4.79 Å². The van der Waals surface area contributed by atoms with Gasteiger partial charge in [0.1, 0.15) is 12.4 Å². The SMILES string of the molecule is NCCOc1ccc(Cl)cc1C(=O)N1CCCN(C(=O)C2CC2)CC1. The van der Waals surface area contributed by atoms with Gasteiger partial charge in [-0.05, 0) is 37.5 Å². The van der Waals surface area contributed by atoms with E-state index in [1.165, 1.54) is 0 Å². The molecule has 2 aliphatic rings. The summed E-state index contributed by atoms with van der Waals surface area (Å²) in [6, 6.07) is 5.03. The lowest BCUT2D eigenvalue weighted by Gasteiger charge is -2.23. The highest BCUT2D eigenvalue weighted by Crippen LogP contribution is 2.31. The summed E-state index contributed by atoms with van der Waals surface area (Å²) in [5, 5.41) is 0.490. The molecule has 6 nitrogen and oxygen atoms in total. The van der Waals surface area contributed by atoms with Crippen LogP contribution in [0.15, 0.2) is 18.2 Å². The Balaban J connectivity index is 1.70. The molecular weight excluding hydrogens is 342 g/mol. The average Bonchev–Trinajstić information content (AvgIpc) is 3.45. The van der Waals surface area contributed by atoms with E-state index in [0.29, 0.717) is 55.7 Å². The largest absolute Gasteiger partial charge is 0.491 e. The maximum Gasteiger partial charge on any atom is 0.257 e. The Morgan fingerprint density at radius 2 is 1.88 bits per heavy atom. The number of halogens is 1. The first kappa shape index (κ1) is 18.0. The summed E-state index contributed by atoms with van der Waals surface area (Å²) >= 11 is 6.07. The Labute approximate surface area is 152 Å². The van der Waals surface area contributed by atoms with E-state index in [1.807, 2.05) is 4.90 Å². The lowest BCUT2D eigenvalue weighted by molar-refractivity contribution is -0.132. The van der Waals surface area contributed by atoms with Gasteiger partial charge in [-0.15, -0.1) is 0 Å². The van der Waals surface area contributed by atoms with Gasteiger partial charge >= 0.3 is 0 Å². The van der Waals surface area contributed by atoms with Crippen molar-refractivity contribution in [1.29, 1.82) is 0 Å². The fraction of sp³-hybridized carbons (Fsp3) is 0.556. The van der Waals surface area contributed by atoms with E-state index in [2.05, 4.69) is 0 Å². The number of nitrogens with zero attached hydrogens (tertiary/aromatic N) is 2. The zero-order chi connectivity index (χ0) is 17.8. The van der Waals surface area contributed by atoms with Crippen LogP contribution in [0.1, 0.15) is 29.6 Å².